The van der Waals surface area contributed by atoms with Crippen LogP contribution in [0.25, 0.3) is 15.5 Å². The Labute approximate surface area is 126 Å². The summed E-state index contributed by atoms with van der Waals surface area (Å²) in [5.41, 5.74) is 9.05. The van der Waals surface area contributed by atoms with Gasteiger partial charge in [-0.3, -0.25) is 0 Å². The van der Waals surface area contributed by atoms with Crippen LogP contribution in [-0.4, -0.2) is 19.8 Å². The maximum Gasteiger partial charge on any atom is 0.234 e. The molecular weight excluding hydrogens is 282 g/mol. The van der Waals surface area contributed by atoms with E-state index in [-0.39, 0.29) is 0 Å². The lowest BCUT2D eigenvalue weighted by Crippen LogP contribution is -2.01. The van der Waals surface area contributed by atoms with Gasteiger partial charge in [0.15, 0.2) is 5.82 Å². The van der Waals surface area contributed by atoms with Gasteiger partial charge in [0.25, 0.3) is 0 Å². The van der Waals surface area contributed by atoms with Crippen molar-refractivity contribution in [2.24, 2.45) is 0 Å². The SMILES string of the molecule is Cc1cccc(N)c1-c1nn2c(C3CCCC3)nnc2s1. The second-order valence-electron chi connectivity index (χ2n) is 5.68. The van der Waals surface area contributed by atoms with Crippen LogP contribution in [0.2, 0.25) is 0 Å². The van der Waals surface area contributed by atoms with Gasteiger partial charge in [-0.1, -0.05) is 36.3 Å². The summed E-state index contributed by atoms with van der Waals surface area (Å²) in [6, 6.07) is 5.95. The molecule has 1 saturated carbocycles. The van der Waals surface area contributed by atoms with Crippen molar-refractivity contribution in [2.75, 3.05) is 5.73 Å². The number of rotatable bonds is 2. The zero-order valence-corrected chi connectivity index (χ0v) is 12.7. The van der Waals surface area contributed by atoms with E-state index in [1.54, 1.807) is 11.3 Å². The molecule has 2 heterocycles. The van der Waals surface area contributed by atoms with Crippen molar-refractivity contribution in [1.29, 1.82) is 0 Å². The molecule has 6 heteroatoms. The summed E-state index contributed by atoms with van der Waals surface area (Å²) in [4.78, 5) is 0.856. The van der Waals surface area contributed by atoms with E-state index in [4.69, 9.17) is 10.8 Å². The number of aromatic nitrogens is 4. The topological polar surface area (TPSA) is 69.1 Å². The van der Waals surface area contributed by atoms with E-state index in [0.717, 1.165) is 32.6 Å². The van der Waals surface area contributed by atoms with Gasteiger partial charge >= 0.3 is 0 Å². The Kier molecular flexibility index (Phi) is 2.92. The minimum absolute atomic E-state index is 0.504. The molecule has 1 aliphatic carbocycles. The number of aryl methyl sites for hydroxylation is 1. The fraction of sp³-hybridized carbons (Fsp3) is 0.400. The number of nitrogens with zero attached hydrogens (tertiary/aromatic N) is 4. The normalized spacial score (nSPS) is 16.0. The molecule has 0 unspecified atom stereocenters. The maximum absolute atomic E-state index is 6.13. The summed E-state index contributed by atoms with van der Waals surface area (Å²) in [7, 11) is 0. The lowest BCUT2D eigenvalue weighted by Gasteiger charge is -2.06. The van der Waals surface area contributed by atoms with E-state index in [0.29, 0.717) is 5.92 Å². The minimum atomic E-state index is 0.504. The molecule has 0 spiro atoms. The lowest BCUT2D eigenvalue weighted by molar-refractivity contribution is 0.641. The first-order valence-corrected chi connectivity index (χ1v) is 8.13. The van der Waals surface area contributed by atoms with Crippen LogP contribution in [0.1, 0.15) is 43.0 Å². The number of hydrogen-bond acceptors (Lipinski definition) is 5. The molecule has 2 aromatic heterocycles. The van der Waals surface area contributed by atoms with E-state index in [1.807, 2.05) is 16.6 Å². The molecule has 1 aliphatic rings. The second kappa shape index (κ2) is 4.80. The molecule has 21 heavy (non-hydrogen) atoms. The zero-order chi connectivity index (χ0) is 14.4. The van der Waals surface area contributed by atoms with E-state index in [1.165, 1.54) is 25.7 Å². The van der Waals surface area contributed by atoms with Gasteiger partial charge in [-0.15, -0.1) is 10.2 Å². The van der Waals surface area contributed by atoms with Crippen LogP contribution >= 0.6 is 11.3 Å². The highest BCUT2D eigenvalue weighted by Gasteiger charge is 2.24. The van der Waals surface area contributed by atoms with Crippen LogP contribution in [0, 0.1) is 6.92 Å². The molecule has 108 valence electrons. The Hall–Kier alpha value is -1.95. The summed E-state index contributed by atoms with van der Waals surface area (Å²) in [6.45, 7) is 2.06. The first kappa shape index (κ1) is 12.8. The van der Waals surface area contributed by atoms with Gasteiger partial charge in [0.2, 0.25) is 4.96 Å². The monoisotopic (exact) mass is 299 g/mol. The Balaban J connectivity index is 1.84. The Morgan fingerprint density at radius 3 is 2.81 bits per heavy atom. The fourth-order valence-corrected chi connectivity index (χ4v) is 4.13. The maximum atomic E-state index is 6.13. The number of fused-ring (bicyclic) bond motifs is 1. The van der Waals surface area contributed by atoms with Gasteiger partial charge in [-0.25, -0.2) is 0 Å². The van der Waals surface area contributed by atoms with Crippen molar-refractivity contribution in [3.05, 3.63) is 29.6 Å². The molecule has 1 aromatic carbocycles. The molecule has 0 aliphatic heterocycles. The first-order chi connectivity index (χ1) is 10.2. The molecule has 0 amide bonds. The summed E-state index contributed by atoms with van der Waals surface area (Å²) in [6.07, 6.45) is 4.95. The highest BCUT2D eigenvalue weighted by Crippen LogP contribution is 2.36. The summed E-state index contributed by atoms with van der Waals surface area (Å²) in [5, 5.41) is 14.3. The molecule has 0 atom stereocenters. The largest absolute Gasteiger partial charge is 0.398 e. The van der Waals surface area contributed by atoms with Gasteiger partial charge in [0.1, 0.15) is 5.01 Å². The van der Waals surface area contributed by atoms with E-state index < -0.39 is 0 Å². The molecule has 0 bridgehead atoms. The fourth-order valence-electron chi connectivity index (χ4n) is 3.15. The van der Waals surface area contributed by atoms with Crippen LogP contribution in [0.5, 0.6) is 0 Å². The van der Waals surface area contributed by atoms with Crippen LogP contribution in [0.15, 0.2) is 18.2 Å². The average molecular weight is 299 g/mol. The quantitative estimate of drug-likeness (QED) is 0.736. The van der Waals surface area contributed by atoms with E-state index in [2.05, 4.69) is 23.2 Å². The number of anilines is 1. The molecule has 3 aromatic rings. The van der Waals surface area contributed by atoms with E-state index in [9.17, 15) is 0 Å². The number of nitrogens with two attached hydrogens (primary N) is 1. The minimum Gasteiger partial charge on any atom is -0.398 e. The van der Waals surface area contributed by atoms with Gasteiger partial charge in [0, 0.05) is 17.2 Å². The predicted molar refractivity (Wildman–Crippen MR) is 84.5 cm³/mol. The van der Waals surface area contributed by atoms with Crippen molar-refractivity contribution in [2.45, 2.75) is 38.5 Å². The lowest BCUT2D eigenvalue weighted by atomic mass is 10.1. The van der Waals surface area contributed by atoms with Crippen molar-refractivity contribution < 1.29 is 0 Å². The number of hydrogen-bond donors (Lipinski definition) is 1. The highest BCUT2D eigenvalue weighted by atomic mass is 32.1. The molecular formula is C15H17N5S. The van der Waals surface area contributed by atoms with Gasteiger partial charge < -0.3 is 5.73 Å². The van der Waals surface area contributed by atoms with Crippen LogP contribution in [0.3, 0.4) is 0 Å². The van der Waals surface area contributed by atoms with Crippen molar-refractivity contribution in [1.82, 2.24) is 19.8 Å². The second-order valence-corrected chi connectivity index (χ2v) is 6.64. The van der Waals surface area contributed by atoms with Gasteiger partial charge in [0.05, 0.1) is 0 Å². The molecule has 4 rings (SSSR count). The van der Waals surface area contributed by atoms with Crippen molar-refractivity contribution >= 4 is 22.0 Å². The molecule has 2 N–H and O–H groups in total. The third kappa shape index (κ3) is 2.01. The Morgan fingerprint density at radius 1 is 1.24 bits per heavy atom. The summed E-state index contributed by atoms with van der Waals surface area (Å²) >= 11 is 1.56. The Morgan fingerprint density at radius 2 is 2.05 bits per heavy atom. The summed E-state index contributed by atoms with van der Waals surface area (Å²) in [5.74, 6) is 1.52. The third-order valence-corrected chi connectivity index (χ3v) is 5.17. The first-order valence-electron chi connectivity index (χ1n) is 7.31. The van der Waals surface area contributed by atoms with Crippen LogP contribution in [-0.2, 0) is 0 Å². The molecule has 0 saturated heterocycles. The average Bonchev–Trinajstić information content (AvgIpc) is 3.13. The Bertz CT molecular complexity index is 777. The van der Waals surface area contributed by atoms with Crippen molar-refractivity contribution in [3.8, 4) is 10.6 Å². The highest BCUT2D eigenvalue weighted by molar-refractivity contribution is 7.19. The molecule has 5 nitrogen and oxygen atoms in total. The smallest absolute Gasteiger partial charge is 0.234 e. The number of benzene rings is 1. The van der Waals surface area contributed by atoms with Gasteiger partial charge in [-0.2, -0.15) is 9.61 Å². The third-order valence-electron chi connectivity index (χ3n) is 4.25. The number of nitrogen functional groups attached to an aromatic ring is 1. The molecule has 1 fully saturated rings. The standard InChI is InChI=1S/C15H17N5S/c1-9-5-4-8-11(16)12(9)14-19-20-13(10-6-2-3-7-10)17-18-15(20)21-14/h4-5,8,10H,2-3,6-7,16H2,1H3. The summed E-state index contributed by atoms with van der Waals surface area (Å²) < 4.78 is 1.92. The van der Waals surface area contributed by atoms with Crippen LogP contribution in [0.4, 0.5) is 5.69 Å². The predicted octanol–water partition coefficient (Wildman–Crippen LogP) is 3.40. The van der Waals surface area contributed by atoms with Crippen LogP contribution < -0.4 is 5.73 Å². The van der Waals surface area contributed by atoms with E-state index >= 15 is 0 Å². The zero-order valence-electron chi connectivity index (χ0n) is 11.9. The van der Waals surface area contributed by atoms with Crippen molar-refractivity contribution in [3.63, 3.8) is 0 Å². The van der Waals surface area contributed by atoms with Gasteiger partial charge in [-0.05, 0) is 31.4 Å². The molecule has 0 radical (unpaired) electrons.